The zero-order valence-electron chi connectivity index (χ0n) is 14.8. The molecular formula is C19H32O3. The molecule has 0 atom stereocenters. The molecular weight excluding hydrogens is 276 g/mol. The van der Waals surface area contributed by atoms with Gasteiger partial charge >= 0.3 is 5.97 Å². The maximum Gasteiger partial charge on any atom is 0.305 e. The first kappa shape index (κ1) is 18.8. The number of ether oxygens (including phenoxy) is 1. The van der Waals surface area contributed by atoms with Crippen molar-refractivity contribution in [1.29, 1.82) is 0 Å². The van der Waals surface area contributed by atoms with Crippen LogP contribution in [0.1, 0.15) is 80.9 Å². The summed E-state index contributed by atoms with van der Waals surface area (Å²) < 4.78 is 10.7. The van der Waals surface area contributed by atoms with E-state index in [0.29, 0.717) is 6.42 Å². The molecule has 1 rings (SSSR count). The quantitative estimate of drug-likeness (QED) is 0.411. The van der Waals surface area contributed by atoms with Crippen molar-refractivity contribution in [3.8, 4) is 0 Å². The Morgan fingerprint density at radius 2 is 1.45 bits per heavy atom. The Morgan fingerprint density at radius 3 is 2.00 bits per heavy atom. The third-order valence-electron chi connectivity index (χ3n) is 4.42. The normalized spacial score (nSPS) is 10.9. The molecule has 0 aliphatic heterocycles. The van der Waals surface area contributed by atoms with Gasteiger partial charge in [0.15, 0.2) is 0 Å². The van der Waals surface area contributed by atoms with Crippen molar-refractivity contribution in [3.05, 3.63) is 22.6 Å². The Balaban J connectivity index is 2.30. The second kappa shape index (κ2) is 10.5. The highest BCUT2D eigenvalue weighted by atomic mass is 16.5. The Morgan fingerprint density at radius 1 is 0.909 bits per heavy atom. The second-order valence-electron chi connectivity index (χ2n) is 6.15. The number of carbonyl (C=O) groups is 1. The lowest BCUT2D eigenvalue weighted by molar-refractivity contribution is -0.140. The monoisotopic (exact) mass is 308 g/mol. The van der Waals surface area contributed by atoms with Crippen LogP contribution in [0.2, 0.25) is 0 Å². The van der Waals surface area contributed by atoms with E-state index in [2.05, 4.69) is 25.5 Å². The standard InChI is InChI=1S/C19H32O3/c1-5-6-9-12-17-15(2)16(3)18(22-17)13-10-7-8-11-14-19(20)21-4/h5-14H2,1-4H3. The molecule has 0 amide bonds. The van der Waals surface area contributed by atoms with Crippen LogP contribution < -0.4 is 0 Å². The van der Waals surface area contributed by atoms with E-state index in [4.69, 9.17) is 4.42 Å². The van der Waals surface area contributed by atoms with Crippen LogP contribution in [0.3, 0.4) is 0 Å². The van der Waals surface area contributed by atoms with Gasteiger partial charge in [-0.2, -0.15) is 0 Å². The zero-order chi connectivity index (χ0) is 16.4. The molecule has 1 aromatic heterocycles. The highest BCUT2D eigenvalue weighted by molar-refractivity contribution is 5.68. The van der Waals surface area contributed by atoms with Gasteiger partial charge in [0.25, 0.3) is 0 Å². The predicted octanol–water partition coefficient (Wildman–Crippen LogP) is 5.30. The molecule has 0 aliphatic rings. The maximum atomic E-state index is 11.0. The van der Waals surface area contributed by atoms with E-state index in [1.807, 2.05) is 0 Å². The van der Waals surface area contributed by atoms with Gasteiger partial charge in [-0.3, -0.25) is 4.79 Å². The molecule has 126 valence electrons. The number of furan rings is 1. The molecule has 0 fully saturated rings. The molecule has 0 unspecified atom stereocenters. The van der Waals surface area contributed by atoms with Crippen molar-refractivity contribution in [2.24, 2.45) is 0 Å². The third kappa shape index (κ3) is 6.25. The van der Waals surface area contributed by atoms with Crippen molar-refractivity contribution < 1.29 is 13.9 Å². The molecule has 0 spiro atoms. The van der Waals surface area contributed by atoms with Crippen LogP contribution >= 0.6 is 0 Å². The van der Waals surface area contributed by atoms with Crippen molar-refractivity contribution in [3.63, 3.8) is 0 Å². The van der Waals surface area contributed by atoms with Gasteiger partial charge in [-0.15, -0.1) is 0 Å². The van der Waals surface area contributed by atoms with Gasteiger partial charge in [0, 0.05) is 19.3 Å². The molecule has 1 aromatic rings. The van der Waals surface area contributed by atoms with Crippen LogP contribution in [0.5, 0.6) is 0 Å². The highest BCUT2D eigenvalue weighted by Crippen LogP contribution is 2.24. The van der Waals surface area contributed by atoms with Crippen LogP contribution in [-0.2, 0) is 22.4 Å². The second-order valence-corrected chi connectivity index (χ2v) is 6.15. The van der Waals surface area contributed by atoms with Crippen LogP contribution in [0.15, 0.2) is 4.42 Å². The Kier molecular flexibility index (Phi) is 8.95. The molecule has 3 nitrogen and oxygen atoms in total. The number of hydrogen-bond donors (Lipinski definition) is 0. The molecule has 0 aromatic carbocycles. The first-order chi connectivity index (χ1) is 10.6. The van der Waals surface area contributed by atoms with Gasteiger partial charge in [-0.05, 0) is 44.2 Å². The zero-order valence-corrected chi connectivity index (χ0v) is 14.8. The lowest BCUT2D eigenvalue weighted by atomic mass is 10.0. The summed E-state index contributed by atoms with van der Waals surface area (Å²) in [5.41, 5.74) is 2.68. The van der Waals surface area contributed by atoms with E-state index in [9.17, 15) is 4.79 Å². The van der Waals surface area contributed by atoms with Crippen LogP contribution in [0.4, 0.5) is 0 Å². The van der Waals surface area contributed by atoms with Crippen molar-refractivity contribution in [2.75, 3.05) is 7.11 Å². The van der Waals surface area contributed by atoms with E-state index in [1.165, 1.54) is 43.3 Å². The molecule has 1 heterocycles. The Labute approximate surface area is 135 Å². The van der Waals surface area contributed by atoms with Crippen LogP contribution in [0.25, 0.3) is 0 Å². The fourth-order valence-corrected chi connectivity index (χ4v) is 2.74. The number of esters is 1. The molecule has 0 radical (unpaired) electrons. The van der Waals surface area contributed by atoms with E-state index < -0.39 is 0 Å². The number of hydrogen-bond acceptors (Lipinski definition) is 3. The minimum atomic E-state index is -0.103. The Hall–Kier alpha value is -1.25. The van der Waals surface area contributed by atoms with Crippen molar-refractivity contribution >= 4 is 5.97 Å². The molecule has 3 heteroatoms. The fourth-order valence-electron chi connectivity index (χ4n) is 2.74. The fraction of sp³-hybridized carbons (Fsp3) is 0.737. The van der Waals surface area contributed by atoms with E-state index >= 15 is 0 Å². The molecule has 0 bridgehead atoms. The smallest absolute Gasteiger partial charge is 0.305 e. The lowest BCUT2D eigenvalue weighted by Crippen LogP contribution is -1.99. The van der Waals surface area contributed by atoms with E-state index in [1.54, 1.807) is 0 Å². The van der Waals surface area contributed by atoms with Gasteiger partial charge in [0.05, 0.1) is 7.11 Å². The third-order valence-corrected chi connectivity index (χ3v) is 4.42. The summed E-state index contributed by atoms with van der Waals surface area (Å²) in [7, 11) is 1.45. The molecule has 0 saturated heterocycles. The summed E-state index contributed by atoms with van der Waals surface area (Å²) in [6.45, 7) is 6.58. The van der Waals surface area contributed by atoms with Gasteiger partial charge < -0.3 is 9.15 Å². The predicted molar refractivity (Wildman–Crippen MR) is 90.2 cm³/mol. The summed E-state index contributed by atoms with van der Waals surface area (Å²) in [5.74, 6) is 2.25. The summed E-state index contributed by atoms with van der Waals surface area (Å²) in [6.07, 6.45) is 10.6. The number of rotatable bonds is 11. The number of carbonyl (C=O) groups excluding carboxylic acids is 1. The van der Waals surface area contributed by atoms with Crippen LogP contribution in [-0.4, -0.2) is 13.1 Å². The van der Waals surface area contributed by atoms with E-state index in [0.717, 1.165) is 44.3 Å². The van der Waals surface area contributed by atoms with Gasteiger partial charge in [0.1, 0.15) is 11.5 Å². The maximum absolute atomic E-state index is 11.0. The summed E-state index contributed by atoms with van der Waals surface area (Å²) >= 11 is 0. The molecule has 22 heavy (non-hydrogen) atoms. The number of aryl methyl sites for hydroxylation is 2. The van der Waals surface area contributed by atoms with Crippen LogP contribution in [0, 0.1) is 13.8 Å². The SMILES string of the molecule is CCCCCc1oc(CCCCCCC(=O)OC)c(C)c1C. The molecule has 0 aliphatic carbocycles. The molecule has 0 N–H and O–H groups in total. The largest absolute Gasteiger partial charge is 0.469 e. The van der Waals surface area contributed by atoms with Gasteiger partial charge in [-0.1, -0.05) is 32.6 Å². The van der Waals surface area contributed by atoms with Gasteiger partial charge in [0.2, 0.25) is 0 Å². The first-order valence-electron chi connectivity index (χ1n) is 8.74. The van der Waals surface area contributed by atoms with Crippen molar-refractivity contribution in [1.82, 2.24) is 0 Å². The summed E-state index contributed by atoms with van der Waals surface area (Å²) in [4.78, 5) is 11.0. The lowest BCUT2D eigenvalue weighted by Gasteiger charge is -2.01. The topological polar surface area (TPSA) is 39.4 Å². The average Bonchev–Trinajstić information content (AvgIpc) is 2.79. The van der Waals surface area contributed by atoms with Crippen molar-refractivity contribution in [2.45, 2.75) is 85.0 Å². The molecule has 0 saturated carbocycles. The minimum absolute atomic E-state index is 0.103. The first-order valence-corrected chi connectivity index (χ1v) is 8.74. The summed E-state index contributed by atoms with van der Waals surface area (Å²) in [5, 5.41) is 0. The summed E-state index contributed by atoms with van der Waals surface area (Å²) in [6, 6.07) is 0. The van der Waals surface area contributed by atoms with E-state index in [-0.39, 0.29) is 5.97 Å². The minimum Gasteiger partial charge on any atom is -0.469 e. The average molecular weight is 308 g/mol. The van der Waals surface area contributed by atoms with Gasteiger partial charge in [-0.25, -0.2) is 0 Å². The highest BCUT2D eigenvalue weighted by Gasteiger charge is 2.12. The Bertz CT molecular complexity index is 446. The number of unbranched alkanes of at least 4 members (excludes halogenated alkanes) is 5. The number of methoxy groups -OCH3 is 1.